The molecule has 0 radical (unpaired) electrons. The van der Waals surface area contributed by atoms with Crippen molar-refractivity contribution in [3.05, 3.63) is 64.2 Å². The number of aliphatic carboxylic acids is 1. The predicted octanol–water partition coefficient (Wildman–Crippen LogP) is 8.25. The van der Waals surface area contributed by atoms with E-state index in [1.54, 1.807) is 13.8 Å². The molecule has 3 atom stereocenters. The van der Waals surface area contributed by atoms with Crippen LogP contribution in [0.1, 0.15) is 92.1 Å². The third kappa shape index (κ3) is 6.08. The minimum absolute atomic E-state index is 0.0956. The molecular weight excluding hydrogens is 548 g/mol. The number of hydrogen-bond acceptors (Lipinski definition) is 3. The van der Waals surface area contributed by atoms with Gasteiger partial charge in [0.1, 0.15) is 11.4 Å². The molecule has 0 aromatic heterocycles. The molecule has 1 aliphatic carbocycles. The predicted molar refractivity (Wildman–Crippen MR) is 141 cm³/mol. The second-order valence-corrected chi connectivity index (χ2v) is 11.9. The molecule has 3 aliphatic rings. The highest BCUT2D eigenvalue weighted by Crippen LogP contribution is 2.49. The first-order valence-corrected chi connectivity index (χ1v) is 14.3. The fourth-order valence-corrected chi connectivity index (χ4v) is 6.85. The van der Waals surface area contributed by atoms with Gasteiger partial charge in [-0.15, -0.1) is 0 Å². The number of nitrogens with zero attached hydrogens (tertiary/aromatic N) is 1. The van der Waals surface area contributed by atoms with Crippen LogP contribution in [0.25, 0.3) is 0 Å². The molecule has 0 unspecified atom stereocenters. The largest absolute Gasteiger partial charge is 0.487 e. The average Bonchev–Trinajstić information content (AvgIpc) is 3.74. The van der Waals surface area contributed by atoms with E-state index < -0.39 is 47.0 Å². The number of rotatable bonds is 7. The zero-order valence-electron chi connectivity index (χ0n) is 23.1. The minimum Gasteiger partial charge on any atom is -0.487 e. The number of carboxylic acids is 1. The molecule has 2 heterocycles. The van der Waals surface area contributed by atoms with Crippen LogP contribution in [-0.2, 0) is 23.6 Å². The van der Waals surface area contributed by atoms with Crippen LogP contribution in [0.5, 0.6) is 5.75 Å². The van der Waals surface area contributed by atoms with Gasteiger partial charge in [-0.3, -0.25) is 9.69 Å². The summed E-state index contributed by atoms with van der Waals surface area (Å²) in [5.41, 5.74) is -0.986. The number of alkyl halides is 6. The molecule has 224 valence electrons. The quantitative estimate of drug-likeness (QED) is 0.334. The summed E-state index contributed by atoms with van der Waals surface area (Å²) < 4.78 is 88.5. The third-order valence-corrected chi connectivity index (χ3v) is 9.29. The highest BCUT2D eigenvalue weighted by atomic mass is 19.4. The Kier molecular flexibility index (Phi) is 7.85. The van der Waals surface area contributed by atoms with E-state index in [4.69, 9.17) is 4.74 Å². The van der Waals surface area contributed by atoms with E-state index in [1.165, 1.54) is 0 Å². The molecule has 0 amide bonds. The topological polar surface area (TPSA) is 49.8 Å². The molecule has 41 heavy (non-hydrogen) atoms. The Balaban J connectivity index is 1.36. The summed E-state index contributed by atoms with van der Waals surface area (Å²) in [7, 11) is 0. The second kappa shape index (κ2) is 10.8. The number of hydrogen-bond donors (Lipinski definition) is 1. The number of ether oxygens (including phenoxy) is 1. The van der Waals surface area contributed by atoms with Gasteiger partial charge in [-0.1, -0.05) is 26.0 Å². The zero-order chi connectivity index (χ0) is 29.7. The fraction of sp³-hybridized carbons (Fsp3) is 0.581. The number of likely N-dealkylation sites (tertiary alicyclic amines) is 1. The highest BCUT2D eigenvalue weighted by molar-refractivity contribution is 5.71. The maximum absolute atomic E-state index is 13.9. The maximum Gasteiger partial charge on any atom is 0.416 e. The molecule has 10 heteroatoms. The van der Waals surface area contributed by atoms with Crippen molar-refractivity contribution in [2.24, 2.45) is 11.8 Å². The molecule has 1 saturated heterocycles. The number of carboxylic acid groups (broad SMARTS) is 1. The van der Waals surface area contributed by atoms with Gasteiger partial charge in [-0.2, -0.15) is 26.3 Å². The van der Waals surface area contributed by atoms with Gasteiger partial charge in [-0.05, 0) is 97.7 Å². The van der Waals surface area contributed by atoms with E-state index in [-0.39, 0.29) is 17.9 Å². The number of benzene rings is 2. The summed E-state index contributed by atoms with van der Waals surface area (Å²) in [4.78, 5) is 13.6. The van der Waals surface area contributed by atoms with E-state index in [2.05, 4.69) is 0 Å². The van der Waals surface area contributed by atoms with E-state index in [0.717, 1.165) is 42.6 Å². The van der Waals surface area contributed by atoms with Crippen LogP contribution in [0, 0.1) is 11.8 Å². The van der Waals surface area contributed by atoms with Crippen molar-refractivity contribution < 1.29 is 41.0 Å². The van der Waals surface area contributed by atoms with Crippen LogP contribution < -0.4 is 4.74 Å². The Bertz CT molecular complexity index is 1280. The van der Waals surface area contributed by atoms with Gasteiger partial charge >= 0.3 is 18.3 Å². The van der Waals surface area contributed by atoms with Crippen molar-refractivity contribution in [1.29, 1.82) is 0 Å². The summed E-state index contributed by atoms with van der Waals surface area (Å²) in [5, 5.41) is 9.66. The molecule has 2 aromatic carbocycles. The van der Waals surface area contributed by atoms with Crippen molar-refractivity contribution in [1.82, 2.24) is 4.90 Å². The molecule has 2 aromatic rings. The average molecular weight is 584 g/mol. The third-order valence-electron chi connectivity index (χ3n) is 9.29. The normalized spacial score (nSPS) is 21.6. The van der Waals surface area contributed by atoms with Crippen molar-refractivity contribution in [2.75, 3.05) is 13.1 Å². The van der Waals surface area contributed by atoms with Crippen LogP contribution in [0.3, 0.4) is 0 Å². The lowest BCUT2D eigenvalue weighted by Gasteiger charge is -2.47. The van der Waals surface area contributed by atoms with Crippen LogP contribution in [-0.4, -0.2) is 34.7 Å². The number of aryl methyl sites for hydroxylation is 1. The Morgan fingerprint density at radius 3 is 2.27 bits per heavy atom. The number of piperidine rings is 1. The van der Waals surface area contributed by atoms with Crippen molar-refractivity contribution in [3.8, 4) is 5.75 Å². The first kappa shape index (κ1) is 29.7. The summed E-state index contributed by atoms with van der Waals surface area (Å²) in [5.74, 6) is -0.381. The summed E-state index contributed by atoms with van der Waals surface area (Å²) in [6, 6.07) is 6.87. The first-order valence-electron chi connectivity index (χ1n) is 14.3. The molecule has 2 aliphatic heterocycles. The number of halogens is 6. The summed E-state index contributed by atoms with van der Waals surface area (Å²) in [6.45, 7) is 4.21. The monoisotopic (exact) mass is 583 g/mol. The van der Waals surface area contributed by atoms with Gasteiger partial charge in [0.2, 0.25) is 0 Å². The Morgan fingerprint density at radius 1 is 1.02 bits per heavy atom. The van der Waals surface area contributed by atoms with E-state index in [1.807, 2.05) is 23.1 Å². The van der Waals surface area contributed by atoms with Gasteiger partial charge in [0.25, 0.3) is 0 Å². The van der Waals surface area contributed by atoms with Gasteiger partial charge < -0.3 is 9.84 Å². The van der Waals surface area contributed by atoms with Crippen molar-refractivity contribution >= 4 is 5.97 Å². The zero-order valence-corrected chi connectivity index (χ0v) is 23.1. The Hall–Kier alpha value is -2.75. The highest BCUT2D eigenvalue weighted by Gasteiger charge is 2.44. The molecule has 5 rings (SSSR count). The van der Waals surface area contributed by atoms with Gasteiger partial charge in [-0.25, -0.2) is 0 Å². The standard InChI is InChI=1S/C31H35F6NO3/c1-3-25(23-17-22(30(32,33)34)8-9-24(23)31(35,36)37)38-14-12-29(13-15-38)11-10-19-4-7-21(16-26(19)41-29)27(20-5-6-20)18(2)28(39)40/h4,7-9,16-18,20,25,27H,3,5-6,10-15H2,1-2H3,(H,39,40)/t18-,25+,27-/m0/s1. The van der Waals surface area contributed by atoms with Crippen LogP contribution in [0.15, 0.2) is 36.4 Å². The van der Waals surface area contributed by atoms with Crippen LogP contribution in [0.2, 0.25) is 0 Å². The summed E-state index contributed by atoms with van der Waals surface area (Å²) in [6.07, 6.45) is -4.72. The Labute approximate surface area is 235 Å². The van der Waals surface area contributed by atoms with Crippen LogP contribution in [0.4, 0.5) is 26.3 Å². The van der Waals surface area contributed by atoms with E-state index in [0.29, 0.717) is 50.0 Å². The Morgan fingerprint density at radius 2 is 1.71 bits per heavy atom. The molecule has 0 bridgehead atoms. The van der Waals surface area contributed by atoms with E-state index >= 15 is 0 Å². The maximum atomic E-state index is 13.9. The van der Waals surface area contributed by atoms with Gasteiger partial charge in [0.15, 0.2) is 0 Å². The lowest BCUT2D eigenvalue weighted by atomic mass is 9.80. The van der Waals surface area contributed by atoms with E-state index in [9.17, 15) is 36.2 Å². The fourth-order valence-electron chi connectivity index (χ4n) is 6.85. The van der Waals surface area contributed by atoms with Crippen molar-refractivity contribution in [3.63, 3.8) is 0 Å². The lowest BCUT2D eigenvalue weighted by Crippen LogP contribution is -2.50. The van der Waals surface area contributed by atoms with Gasteiger partial charge in [0.05, 0.1) is 17.0 Å². The number of fused-ring (bicyclic) bond motifs is 1. The summed E-state index contributed by atoms with van der Waals surface area (Å²) >= 11 is 0. The smallest absolute Gasteiger partial charge is 0.416 e. The van der Waals surface area contributed by atoms with Gasteiger partial charge in [0, 0.05) is 19.1 Å². The van der Waals surface area contributed by atoms with Crippen molar-refractivity contribution in [2.45, 2.75) is 88.7 Å². The molecular formula is C31H35F6NO3. The molecule has 1 N–H and O–H groups in total. The SMILES string of the molecule is CC[C@H](c1cc(C(F)(F)F)ccc1C(F)(F)F)N1CCC2(CCc3ccc([C@H](C4CC4)[C@H](C)C(=O)O)cc3O2)CC1. The lowest BCUT2D eigenvalue weighted by molar-refractivity contribution is -0.142. The minimum atomic E-state index is -4.77. The molecule has 4 nitrogen and oxygen atoms in total. The molecule has 2 fully saturated rings. The first-order chi connectivity index (χ1) is 19.2. The number of carbonyl (C=O) groups is 1. The molecule has 1 spiro atoms. The van der Waals surface area contributed by atoms with Crippen LogP contribution >= 0.6 is 0 Å². The molecule has 1 saturated carbocycles. The second-order valence-electron chi connectivity index (χ2n) is 11.9.